The summed E-state index contributed by atoms with van der Waals surface area (Å²) in [6, 6.07) is 12.6. The fourth-order valence-corrected chi connectivity index (χ4v) is 2.45. The van der Waals surface area contributed by atoms with Crippen LogP contribution in [0.4, 0.5) is 0 Å². The molecule has 0 aliphatic heterocycles. The molecule has 0 fully saturated rings. The van der Waals surface area contributed by atoms with Gasteiger partial charge in [0.25, 0.3) is 0 Å². The standard InChI is InChI=1S/C17H18N2O/c1-12-3-4-16-14(9-12)11-17(20-16)15(18-2)10-13-5-7-19-8-6-13/h3-9,11,15,18H,10H2,1-2H3. The van der Waals surface area contributed by atoms with Crippen LogP contribution in [0.3, 0.4) is 0 Å². The normalized spacial score (nSPS) is 12.7. The molecule has 1 atom stereocenters. The number of furan rings is 1. The molecule has 0 radical (unpaired) electrons. The Kier molecular flexibility index (Phi) is 3.52. The number of benzene rings is 1. The van der Waals surface area contributed by atoms with Crippen LogP contribution in [0.2, 0.25) is 0 Å². The van der Waals surface area contributed by atoms with Crippen molar-refractivity contribution < 1.29 is 4.42 Å². The average Bonchev–Trinajstić information content (AvgIpc) is 2.88. The monoisotopic (exact) mass is 266 g/mol. The van der Waals surface area contributed by atoms with E-state index in [0.717, 1.165) is 23.2 Å². The maximum absolute atomic E-state index is 5.97. The molecule has 20 heavy (non-hydrogen) atoms. The van der Waals surface area contributed by atoms with Crippen LogP contribution in [-0.2, 0) is 6.42 Å². The first-order valence-corrected chi connectivity index (χ1v) is 6.82. The Labute approximate surface area is 118 Å². The Morgan fingerprint density at radius 1 is 1.15 bits per heavy atom. The smallest absolute Gasteiger partial charge is 0.134 e. The Balaban J connectivity index is 1.91. The fourth-order valence-electron chi connectivity index (χ4n) is 2.45. The zero-order chi connectivity index (χ0) is 13.9. The van der Waals surface area contributed by atoms with E-state index in [9.17, 15) is 0 Å². The van der Waals surface area contributed by atoms with Gasteiger partial charge in [0.2, 0.25) is 0 Å². The van der Waals surface area contributed by atoms with Crippen molar-refractivity contribution in [2.24, 2.45) is 0 Å². The quantitative estimate of drug-likeness (QED) is 0.783. The lowest BCUT2D eigenvalue weighted by atomic mass is 10.0. The van der Waals surface area contributed by atoms with E-state index in [1.165, 1.54) is 11.1 Å². The van der Waals surface area contributed by atoms with Crippen molar-refractivity contribution >= 4 is 11.0 Å². The van der Waals surface area contributed by atoms with Crippen LogP contribution in [0, 0.1) is 6.92 Å². The molecule has 0 saturated carbocycles. The number of hydrogen-bond acceptors (Lipinski definition) is 3. The number of pyridine rings is 1. The second-order valence-electron chi connectivity index (χ2n) is 5.09. The highest BCUT2D eigenvalue weighted by atomic mass is 16.3. The molecular formula is C17H18N2O. The molecule has 0 aliphatic rings. The number of likely N-dealkylation sites (N-methyl/N-ethyl adjacent to an activating group) is 1. The van der Waals surface area contributed by atoms with Gasteiger partial charge in [0.05, 0.1) is 6.04 Å². The van der Waals surface area contributed by atoms with E-state index < -0.39 is 0 Å². The summed E-state index contributed by atoms with van der Waals surface area (Å²) in [5.41, 5.74) is 3.44. The molecule has 102 valence electrons. The largest absolute Gasteiger partial charge is 0.459 e. The first-order valence-electron chi connectivity index (χ1n) is 6.82. The van der Waals surface area contributed by atoms with Gasteiger partial charge in [0.15, 0.2) is 0 Å². The van der Waals surface area contributed by atoms with Crippen LogP contribution in [0.25, 0.3) is 11.0 Å². The molecule has 0 saturated heterocycles. The molecule has 2 heterocycles. The Morgan fingerprint density at radius 3 is 2.70 bits per heavy atom. The van der Waals surface area contributed by atoms with E-state index >= 15 is 0 Å². The van der Waals surface area contributed by atoms with Gasteiger partial charge in [0.1, 0.15) is 11.3 Å². The van der Waals surface area contributed by atoms with Gasteiger partial charge in [-0.3, -0.25) is 4.98 Å². The number of aryl methyl sites for hydroxylation is 1. The van der Waals surface area contributed by atoms with Gasteiger partial charge < -0.3 is 9.73 Å². The lowest BCUT2D eigenvalue weighted by molar-refractivity contribution is 0.451. The van der Waals surface area contributed by atoms with Crippen molar-refractivity contribution in [1.29, 1.82) is 0 Å². The zero-order valence-electron chi connectivity index (χ0n) is 11.8. The SMILES string of the molecule is CNC(Cc1ccncc1)c1cc2cc(C)ccc2o1. The van der Waals surface area contributed by atoms with Gasteiger partial charge in [-0.25, -0.2) is 0 Å². The molecule has 3 rings (SSSR count). The van der Waals surface area contributed by atoms with Crippen LogP contribution < -0.4 is 5.32 Å². The topological polar surface area (TPSA) is 38.1 Å². The van der Waals surface area contributed by atoms with Gasteiger partial charge in [0, 0.05) is 17.8 Å². The number of nitrogens with zero attached hydrogens (tertiary/aromatic N) is 1. The van der Waals surface area contributed by atoms with Gasteiger partial charge in [-0.05, 0) is 56.3 Å². The molecular weight excluding hydrogens is 248 g/mol. The summed E-state index contributed by atoms with van der Waals surface area (Å²) in [7, 11) is 1.96. The van der Waals surface area contributed by atoms with Crippen molar-refractivity contribution in [3.8, 4) is 0 Å². The number of fused-ring (bicyclic) bond motifs is 1. The van der Waals surface area contributed by atoms with Crippen molar-refractivity contribution in [2.75, 3.05) is 7.05 Å². The van der Waals surface area contributed by atoms with E-state index in [4.69, 9.17) is 4.42 Å². The van der Waals surface area contributed by atoms with Crippen molar-refractivity contribution in [3.05, 3.63) is 65.7 Å². The first kappa shape index (κ1) is 12.9. The summed E-state index contributed by atoms with van der Waals surface area (Å²) < 4.78 is 5.97. The van der Waals surface area contributed by atoms with Crippen molar-refractivity contribution in [2.45, 2.75) is 19.4 Å². The summed E-state index contributed by atoms with van der Waals surface area (Å²) in [5.74, 6) is 0.977. The number of rotatable bonds is 4. The van der Waals surface area contributed by atoms with Crippen LogP contribution in [-0.4, -0.2) is 12.0 Å². The van der Waals surface area contributed by atoms with Crippen molar-refractivity contribution in [1.82, 2.24) is 10.3 Å². The van der Waals surface area contributed by atoms with E-state index in [1.807, 2.05) is 37.6 Å². The third kappa shape index (κ3) is 2.58. The highest BCUT2D eigenvalue weighted by molar-refractivity contribution is 5.78. The van der Waals surface area contributed by atoms with Crippen LogP contribution in [0.1, 0.15) is 22.9 Å². The molecule has 0 bridgehead atoms. The predicted molar refractivity (Wildman–Crippen MR) is 80.7 cm³/mol. The molecule has 3 nitrogen and oxygen atoms in total. The molecule has 1 unspecified atom stereocenters. The summed E-state index contributed by atoms with van der Waals surface area (Å²) in [5, 5.41) is 4.49. The number of nitrogens with one attached hydrogen (secondary N) is 1. The molecule has 0 spiro atoms. The summed E-state index contributed by atoms with van der Waals surface area (Å²) in [6.07, 6.45) is 4.53. The molecule has 0 amide bonds. The van der Waals surface area contributed by atoms with Crippen LogP contribution in [0.15, 0.2) is 53.2 Å². The zero-order valence-corrected chi connectivity index (χ0v) is 11.8. The average molecular weight is 266 g/mol. The number of aromatic nitrogens is 1. The minimum absolute atomic E-state index is 0.171. The molecule has 1 aromatic carbocycles. The van der Waals surface area contributed by atoms with Crippen molar-refractivity contribution in [3.63, 3.8) is 0 Å². The minimum atomic E-state index is 0.171. The van der Waals surface area contributed by atoms with Gasteiger partial charge in [-0.2, -0.15) is 0 Å². The highest BCUT2D eigenvalue weighted by Crippen LogP contribution is 2.26. The number of hydrogen-bond donors (Lipinski definition) is 1. The Morgan fingerprint density at radius 2 is 1.95 bits per heavy atom. The second kappa shape index (κ2) is 5.47. The Bertz CT molecular complexity index is 703. The first-order chi connectivity index (χ1) is 9.76. The molecule has 0 aliphatic carbocycles. The summed E-state index contributed by atoms with van der Waals surface area (Å²) in [4.78, 5) is 4.05. The van der Waals surface area contributed by atoms with Crippen LogP contribution >= 0.6 is 0 Å². The van der Waals surface area contributed by atoms with E-state index in [-0.39, 0.29) is 6.04 Å². The molecule has 2 aromatic heterocycles. The lowest BCUT2D eigenvalue weighted by Gasteiger charge is -2.13. The van der Waals surface area contributed by atoms with Gasteiger partial charge >= 0.3 is 0 Å². The molecule has 3 heteroatoms. The van der Waals surface area contributed by atoms with E-state index in [1.54, 1.807) is 0 Å². The van der Waals surface area contributed by atoms with Gasteiger partial charge in [-0.15, -0.1) is 0 Å². The molecule has 3 aromatic rings. The Hall–Kier alpha value is -2.13. The van der Waals surface area contributed by atoms with Crippen LogP contribution in [0.5, 0.6) is 0 Å². The van der Waals surface area contributed by atoms with E-state index in [0.29, 0.717) is 0 Å². The second-order valence-corrected chi connectivity index (χ2v) is 5.09. The maximum Gasteiger partial charge on any atom is 0.134 e. The van der Waals surface area contributed by atoms with Gasteiger partial charge in [-0.1, -0.05) is 11.6 Å². The molecule has 1 N–H and O–H groups in total. The third-order valence-corrected chi connectivity index (χ3v) is 3.57. The lowest BCUT2D eigenvalue weighted by Crippen LogP contribution is -2.18. The third-order valence-electron chi connectivity index (χ3n) is 3.57. The maximum atomic E-state index is 5.97. The summed E-state index contributed by atoms with van der Waals surface area (Å²) >= 11 is 0. The fraction of sp³-hybridized carbons (Fsp3) is 0.235. The minimum Gasteiger partial charge on any atom is -0.459 e. The van der Waals surface area contributed by atoms with E-state index in [2.05, 4.69) is 35.4 Å². The summed E-state index contributed by atoms with van der Waals surface area (Å²) in [6.45, 7) is 2.10. The predicted octanol–water partition coefficient (Wildman–Crippen LogP) is 3.64. The highest BCUT2D eigenvalue weighted by Gasteiger charge is 2.15.